The molecular formula is C19H27N3O3S2. The van der Waals surface area contributed by atoms with E-state index >= 15 is 0 Å². The molecule has 0 aliphatic heterocycles. The number of sulfonamides is 1. The van der Waals surface area contributed by atoms with Gasteiger partial charge < -0.3 is 10.2 Å². The second kappa shape index (κ2) is 9.87. The van der Waals surface area contributed by atoms with Crippen LogP contribution in [0.2, 0.25) is 0 Å². The maximum atomic E-state index is 12.2. The Balaban J connectivity index is 1.71. The van der Waals surface area contributed by atoms with Gasteiger partial charge in [0.25, 0.3) is 5.91 Å². The number of benzene rings is 1. The average molecular weight is 410 g/mol. The van der Waals surface area contributed by atoms with Gasteiger partial charge >= 0.3 is 0 Å². The molecule has 1 heterocycles. The average Bonchev–Trinajstić information content (AvgIpc) is 3.07. The van der Waals surface area contributed by atoms with Crippen molar-refractivity contribution in [1.82, 2.24) is 10.0 Å². The number of nitrogens with zero attached hydrogens (tertiary/aromatic N) is 1. The zero-order chi connectivity index (χ0) is 19.9. The Kier molecular flexibility index (Phi) is 7.82. The molecule has 8 heteroatoms. The zero-order valence-corrected chi connectivity index (χ0v) is 17.6. The van der Waals surface area contributed by atoms with Crippen molar-refractivity contribution in [2.45, 2.75) is 19.3 Å². The SMILES string of the molecule is CN(C)c1ccc(CCCNC(=O)c2ccc(CCNS(C)(=O)=O)s2)cc1. The summed E-state index contributed by atoms with van der Waals surface area (Å²) in [6.07, 6.45) is 3.51. The summed E-state index contributed by atoms with van der Waals surface area (Å²) in [6.45, 7) is 0.962. The van der Waals surface area contributed by atoms with Crippen LogP contribution in [0.4, 0.5) is 5.69 Å². The van der Waals surface area contributed by atoms with Crippen molar-refractivity contribution in [2.24, 2.45) is 0 Å². The predicted octanol–water partition coefficient (Wildman–Crippen LogP) is 2.27. The molecule has 0 radical (unpaired) electrons. The molecule has 0 fully saturated rings. The van der Waals surface area contributed by atoms with E-state index in [1.165, 1.54) is 22.6 Å². The smallest absolute Gasteiger partial charge is 0.261 e. The minimum atomic E-state index is -3.18. The lowest BCUT2D eigenvalue weighted by atomic mass is 10.1. The van der Waals surface area contributed by atoms with E-state index in [1.54, 1.807) is 6.07 Å². The lowest BCUT2D eigenvalue weighted by Gasteiger charge is -2.12. The number of thiophene rings is 1. The van der Waals surface area contributed by atoms with Gasteiger partial charge in [0, 0.05) is 37.7 Å². The number of anilines is 1. The highest BCUT2D eigenvalue weighted by molar-refractivity contribution is 7.88. The van der Waals surface area contributed by atoms with E-state index in [0.29, 0.717) is 24.4 Å². The number of carbonyl (C=O) groups is 1. The van der Waals surface area contributed by atoms with Crippen LogP contribution in [0.3, 0.4) is 0 Å². The first kappa shape index (κ1) is 21.4. The van der Waals surface area contributed by atoms with Crippen LogP contribution in [0.15, 0.2) is 36.4 Å². The van der Waals surface area contributed by atoms with Crippen molar-refractivity contribution in [3.8, 4) is 0 Å². The van der Waals surface area contributed by atoms with Gasteiger partial charge in [-0.1, -0.05) is 12.1 Å². The third-order valence-corrected chi connectivity index (χ3v) is 5.87. The molecule has 0 saturated carbocycles. The lowest BCUT2D eigenvalue weighted by Crippen LogP contribution is -2.24. The van der Waals surface area contributed by atoms with Crippen LogP contribution in [0, 0.1) is 0 Å². The number of nitrogens with one attached hydrogen (secondary N) is 2. The lowest BCUT2D eigenvalue weighted by molar-refractivity contribution is 0.0957. The maximum absolute atomic E-state index is 12.2. The van der Waals surface area contributed by atoms with Gasteiger partial charge in [0.05, 0.1) is 11.1 Å². The Morgan fingerprint density at radius 3 is 2.37 bits per heavy atom. The van der Waals surface area contributed by atoms with Crippen molar-refractivity contribution in [1.29, 1.82) is 0 Å². The van der Waals surface area contributed by atoms with E-state index in [9.17, 15) is 13.2 Å². The molecule has 0 spiro atoms. The molecule has 0 bridgehead atoms. The predicted molar refractivity (Wildman–Crippen MR) is 112 cm³/mol. The summed E-state index contributed by atoms with van der Waals surface area (Å²) in [4.78, 5) is 15.9. The number of hydrogen-bond donors (Lipinski definition) is 2. The minimum Gasteiger partial charge on any atom is -0.378 e. The second-order valence-corrected chi connectivity index (χ2v) is 9.60. The van der Waals surface area contributed by atoms with Crippen molar-refractivity contribution in [3.63, 3.8) is 0 Å². The number of amides is 1. The van der Waals surface area contributed by atoms with Gasteiger partial charge in [0.15, 0.2) is 0 Å². The molecule has 0 aliphatic rings. The van der Waals surface area contributed by atoms with Crippen molar-refractivity contribution in [3.05, 3.63) is 51.7 Å². The molecule has 1 amide bonds. The summed E-state index contributed by atoms with van der Waals surface area (Å²) in [7, 11) is 0.858. The number of rotatable bonds is 10. The van der Waals surface area contributed by atoms with Crippen LogP contribution in [-0.4, -0.2) is 47.8 Å². The molecule has 1 aromatic heterocycles. The van der Waals surface area contributed by atoms with Gasteiger partial charge in [-0.2, -0.15) is 0 Å². The molecule has 0 atom stereocenters. The van der Waals surface area contributed by atoms with Crippen LogP contribution in [0.5, 0.6) is 0 Å². The maximum Gasteiger partial charge on any atom is 0.261 e. The molecule has 6 nitrogen and oxygen atoms in total. The van der Waals surface area contributed by atoms with Gasteiger partial charge in [-0.15, -0.1) is 11.3 Å². The Morgan fingerprint density at radius 1 is 1.04 bits per heavy atom. The highest BCUT2D eigenvalue weighted by atomic mass is 32.2. The van der Waals surface area contributed by atoms with Crippen LogP contribution in [0.25, 0.3) is 0 Å². The van der Waals surface area contributed by atoms with Gasteiger partial charge in [-0.25, -0.2) is 13.1 Å². The molecule has 2 aromatic rings. The highest BCUT2D eigenvalue weighted by Gasteiger charge is 2.09. The fraction of sp³-hybridized carbons (Fsp3) is 0.421. The summed E-state index contributed by atoms with van der Waals surface area (Å²) in [5.41, 5.74) is 2.43. The van der Waals surface area contributed by atoms with Gasteiger partial charge in [-0.3, -0.25) is 4.79 Å². The number of hydrogen-bond acceptors (Lipinski definition) is 5. The second-order valence-electron chi connectivity index (χ2n) is 6.60. The minimum absolute atomic E-state index is 0.0784. The molecule has 0 aliphatic carbocycles. The van der Waals surface area contributed by atoms with Gasteiger partial charge in [-0.05, 0) is 49.1 Å². The Bertz CT molecular complexity index is 843. The summed E-state index contributed by atoms with van der Waals surface area (Å²) < 4.78 is 24.6. The zero-order valence-electron chi connectivity index (χ0n) is 16.0. The van der Waals surface area contributed by atoms with Crippen molar-refractivity contribution >= 4 is 33.0 Å². The Hall–Kier alpha value is -1.90. The normalized spacial score (nSPS) is 11.4. The fourth-order valence-corrected chi connectivity index (χ4v) is 3.93. The molecule has 1 aromatic carbocycles. The molecule has 27 heavy (non-hydrogen) atoms. The quantitative estimate of drug-likeness (QED) is 0.590. The highest BCUT2D eigenvalue weighted by Crippen LogP contribution is 2.17. The number of carbonyl (C=O) groups excluding carboxylic acids is 1. The number of aryl methyl sites for hydroxylation is 1. The standard InChI is InChI=1S/C19H27N3O3S2/c1-22(2)16-8-6-15(7-9-16)5-4-13-20-19(23)18-11-10-17(26-18)12-14-21-27(3,24)25/h6-11,21H,4-5,12-14H2,1-3H3,(H,20,23). The molecule has 0 unspecified atom stereocenters. The van der Waals surface area contributed by atoms with Crippen LogP contribution in [0.1, 0.15) is 26.5 Å². The Labute approximate surface area is 165 Å². The van der Waals surface area contributed by atoms with E-state index in [2.05, 4.69) is 39.2 Å². The first-order valence-corrected chi connectivity index (χ1v) is 11.5. The third kappa shape index (κ3) is 7.70. The summed E-state index contributed by atoms with van der Waals surface area (Å²) in [5.74, 6) is -0.0784. The van der Waals surface area contributed by atoms with Gasteiger partial charge in [0.2, 0.25) is 10.0 Å². The first-order valence-electron chi connectivity index (χ1n) is 8.82. The fourth-order valence-electron chi connectivity index (χ4n) is 2.54. The Morgan fingerprint density at radius 2 is 1.74 bits per heavy atom. The summed E-state index contributed by atoms with van der Waals surface area (Å²) in [5, 5.41) is 2.94. The van der Waals surface area contributed by atoms with E-state index in [4.69, 9.17) is 0 Å². The van der Waals surface area contributed by atoms with Crippen LogP contribution in [-0.2, 0) is 22.9 Å². The molecular weight excluding hydrogens is 382 g/mol. The molecule has 2 N–H and O–H groups in total. The summed E-state index contributed by atoms with van der Waals surface area (Å²) in [6, 6.07) is 12.1. The molecule has 148 valence electrons. The van der Waals surface area contributed by atoms with E-state index in [1.807, 2.05) is 20.2 Å². The first-order chi connectivity index (χ1) is 12.7. The van der Waals surface area contributed by atoms with Gasteiger partial charge in [0.1, 0.15) is 0 Å². The van der Waals surface area contributed by atoms with E-state index in [0.717, 1.165) is 24.0 Å². The largest absolute Gasteiger partial charge is 0.378 e. The van der Waals surface area contributed by atoms with E-state index < -0.39 is 10.0 Å². The van der Waals surface area contributed by atoms with Crippen LogP contribution >= 0.6 is 11.3 Å². The third-order valence-electron chi connectivity index (χ3n) is 4.00. The monoisotopic (exact) mass is 409 g/mol. The topological polar surface area (TPSA) is 78.5 Å². The van der Waals surface area contributed by atoms with Crippen LogP contribution < -0.4 is 14.9 Å². The molecule has 2 rings (SSSR count). The van der Waals surface area contributed by atoms with Crippen molar-refractivity contribution < 1.29 is 13.2 Å². The van der Waals surface area contributed by atoms with Crippen molar-refractivity contribution in [2.75, 3.05) is 38.3 Å². The van der Waals surface area contributed by atoms with E-state index in [-0.39, 0.29) is 5.91 Å². The molecule has 0 saturated heterocycles. The summed E-state index contributed by atoms with van der Waals surface area (Å²) >= 11 is 1.40.